The second-order valence-corrected chi connectivity index (χ2v) is 13.1. The van der Waals surface area contributed by atoms with Crippen LogP contribution in [0.25, 0.3) is 0 Å². The van der Waals surface area contributed by atoms with E-state index in [9.17, 15) is 18.3 Å². The Morgan fingerprint density at radius 3 is 2.57 bits per heavy atom. The Kier molecular flexibility index (Phi) is 5.80. The van der Waals surface area contributed by atoms with E-state index in [1.54, 1.807) is 31.2 Å². The molecule has 35 heavy (non-hydrogen) atoms. The molecule has 2 bridgehead atoms. The van der Waals surface area contributed by atoms with Gasteiger partial charge < -0.3 is 10.0 Å². The topological polar surface area (TPSA) is 86.7 Å². The lowest BCUT2D eigenvalue weighted by atomic mass is 9.51. The molecule has 5 rings (SSSR count). The van der Waals surface area contributed by atoms with Gasteiger partial charge in [0.1, 0.15) is 5.75 Å². The van der Waals surface area contributed by atoms with Crippen LogP contribution in [-0.2, 0) is 26.7 Å². The molecule has 188 valence electrons. The van der Waals surface area contributed by atoms with Gasteiger partial charge in [0.25, 0.3) is 0 Å². The van der Waals surface area contributed by atoms with Crippen LogP contribution in [0.2, 0.25) is 0 Å². The van der Waals surface area contributed by atoms with Gasteiger partial charge in [-0.1, -0.05) is 51.1 Å². The zero-order valence-electron chi connectivity index (χ0n) is 21.0. The standard InChI is InChI=1S/C28H36N2O4S/c1-18-8-5-6-11-24(18)35(33,34)29-20-13-12-19(16-20)26(32)30-15-14-28(4)22-9-7-10-23(31)21(22)17-25(30)27(28,2)3/h5-11,19-20,25,29,31H,12-17H2,1-4H3/t19?,20?,25-,28+/m1/s1. The van der Waals surface area contributed by atoms with E-state index >= 15 is 0 Å². The van der Waals surface area contributed by atoms with Gasteiger partial charge in [-0.05, 0) is 73.3 Å². The molecule has 0 aromatic heterocycles. The van der Waals surface area contributed by atoms with Crippen LogP contribution in [-0.4, -0.2) is 43.0 Å². The summed E-state index contributed by atoms with van der Waals surface area (Å²) in [5.41, 5.74) is 2.61. The zero-order valence-corrected chi connectivity index (χ0v) is 21.9. The average molecular weight is 497 g/mol. The number of nitrogens with zero attached hydrogens (tertiary/aromatic N) is 1. The van der Waals surface area contributed by atoms with Crippen molar-refractivity contribution in [2.45, 2.75) is 82.2 Å². The normalized spacial score (nSPS) is 29.6. The number of hydrogen-bond donors (Lipinski definition) is 2. The van der Waals surface area contributed by atoms with Gasteiger partial charge >= 0.3 is 0 Å². The van der Waals surface area contributed by atoms with E-state index in [0.29, 0.717) is 48.4 Å². The number of piperidine rings is 1. The molecule has 2 fully saturated rings. The Morgan fingerprint density at radius 2 is 1.83 bits per heavy atom. The van der Waals surface area contributed by atoms with Crippen molar-refractivity contribution in [3.05, 3.63) is 59.2 Å². The highest BCUT2D eigenvalue weighted by molar-refractivity contribution is 7.89. The molecule has 1 saturated heterocycles. The Hall–Kier alpha value is -2.38. The molecule has 2 aromatic carbocycles. The van der Waals surface area contributed by atoms with Crippen LogP contribution in [0.1, 0.15) is 63.1 Å². The van der Waals surface area contributed by atoms with Crippen LogP contribution in [0.4, 0.5) is 0 Å². The maximum Gasteiger partial charge on any atom is 0.241 e. The number of carbonyl (C=O) groups excluding carboxylic acids is 1. The molecule has 2 unspecified atom stereocenters. The highest BCUT2D eigenvalue weighted by Crippen LogP contribution is 2.57. The number of phenols is 1. The van der Waals surface area contributed by atoms with Crippen molar-refractivity contribution in [1.82, 2.24) is 9.62 Å². The highest BCUT2D eigenvalue weighted by Gasteiger charge is 2.57. The SMILES string of the molecule is Cc1ccccc1S(=O)(=O)NC1CCC(C(=O)N2CC[C@@]3(C)c4cccc(O)c4C[C@@H]2C3(C)C)C1. The summed E-state index contributed by atoms with van der Waals surface area (Å²) in [4.78, 5) is 16.2. The van der Waals surface area contributed by atoms with Crippen LogP contribution < -0.4 is 4.72 Å². The van der Waals surface area contributed by atoms with Gasteiger partial charge in [0.15, 0.2) is 0 Å². The maximum atomic E-state index is 13.8. The lowest BCUT2D eigenvalue weighted by Crippen LogP contribution is -2.65. The van der Waals surface area contributed by atoms with Gasteiger partial charge in [-0.3, -0.25) is 4.79 Å². The largest absolute Gasteiger partial charge is 0.508 e. The fourth-order valence-electron chi connectivity index (χ4n) is 6.88. The summed E-state index contributed by atoms with van der Waals surface area (Å²) in [6.07, 6.45) is 3.35. The van der Waals surface area contributed by atoms with Gasteiger partial charge in [-0.2, -0.15) is 0 Å². The van der Waals surface area contributed by atoms with Crippen LogP contribution in [0.5, 0.6) is 5.75 Å². The second kappa shape index (κ2) is 8.34. The van der Waals surface area contributed by atoms with Gasteiger partial charge in [0, 0.05) is 30.0 Å². The summed E-state index contributed by atoms with van der Waals surface area (Å²) in [6.45, 7) is 9.25. The van der Waals surface area contributed by atoms with Crippen molar-refractivity contribution in [2.75, 3.05) is 6.54 Å². The van der Waals surface area contributed by atoms with Crippen LogP contribution >= 0.6 is 0 Å². The number of phenolic OH excluding ortho intramolecular Hbond substituents is 1. The molecule has 2 N–H and O–H groups in total. The van der Waals surface area contributed by atoms with E-state index in [1.807, 2.05) is 17.0 Å². The number of benzene rings is 2. The van der Waals surface area contributed by atoms with Crippen LogP contribution in [0.15, 0.2) is 47.4 Å². The van der Waals surface area contributed by atoms with E-state index in [-0.39, 0.29) is 34.7 Å². The number of sulfonamides is 1. The molecule has 7 heteroatoms. The first kappa shape index (κ1) is 24.3. The number of hydrogen-bond acceptors (Lipinski definition) is 4. The first-order valence-corrected chi connectivity index (χ1v) is 14.1. The molecule has 0 radical (unpaired) electrons. The van der Waals surface area contributed by atoms with Gasteiger partial charge in [0.05, 0.1) is 4.90 Å². The number of aromatic hydroxyl groups is 1. The molecule has 1 saturated carbocycles. The number of carbonyl (C=O) groups is 1. The van der Waals surface area contributed by atoms with Crippen molar-refractivity contribution in [3.63, 3.8) is 0 Å². The van der Waals surface area contributed by atoms with Crippen molar-refractivity contribution in [1.29, 1.82) is 0 Å². The number of likely N-dealkylation sites (tertiary alicyclic amines) is 1. The predicted molar refractivity (Wildman–Crippen MR) is 136 cm³/mol. The number of rotatable bonds is 4. The lowest BCUT2D eigenvalue weighted by Gasteiger charge is -2.61. The minimum absolute atomic E-state index is 0.00254. The third kappa shape index (κ3) is 3.78. The van der Waals surface area contributed by atoms with Crippen molar-refractivity contribution in [3.8, 4) is 5.75 Å². The van der Waals surface area contributed by atoms with Gasteiger partial charge in [-0.15, -0.1) is 0 Å². The summed E-state index contributed by atoms with van der Waals surface area (Å²) in [6, 6.07) is 12.5. The van der Waals surface area contributed by atoms with E-state index < -0.39 is 10.0 Å². The third-order valence-corrected chi connectivity index (χ3v) is 11.1. The number of nitrogens with one attached hydrogen (secondary N) is 1. The van der Waals surface area contributed by atoms with E-state index in [4.69, 9.17) is 0 Å². The van der Waals surface area contributed by atoms with Gasteiger partial charge in [-0.25, -0.2) is 13.1 Å². The molecule has 3 aliphatic rings. The summed E-state index contributed by atoms with van der Waals surface area (Å²) in [5.74, 6) is 0.252. The summed E-state index contributed by atoms with van der Waals surface area (Å²) in [5, 5.41) is 10.6. The first-order chi connectivity index (χ1) is 16.5. The fraction of sp³-hybridized carbons (Fsp3) is 0.536. The van der Waals surface area contributed by atoms with Crippen molar-refractivity contribution >= 4 is 15.9 Å². The zero-order chi connectivity index (χ0) is 25.2. The number of fused-ring (bicyclic) bond motifs is 4. The molecule has 0 spiro atoms. The average Bonchev–Trinajstić information content (AvgIpc) is 3.24. The molecular weight excluding hydrogens is 460 g/mol. The molecule has 2 aliphatic carbocycles. The lowest BCUT2D eigenvalue weighted by molar-refractivity contribution is -0.148. The molecule has 2 aromatic rings. The van der Waals surface area contributed by atoms with Crippen LogP contribution in [0, 0.1) is 18.3 Å². The summed E-state index contributed by atoms with van der Waals surface area (Å²) in [7, 11) is -3.63. The minimum atomic E-state index is -3.63. The molecule has 1 amide bonds. The Balaban J connectivity index is 1.34. The predicted octanol–water partition coefficient (Wildman–Crippen LogP) is 4.29. The Labute approximate surface area is 208 Å². The smallest absolute Gasteiger partial charge is 0.241 e. The number of aryl methyl sites for hydroxylation is 1. The summed E-state index contributed by atoms with van der Waals surface area (Å²) >= 11 is 0. The quantitative estimate of drug-likeness (QED) is 0.661. The van der Waals surface area contributed by atoms with E-state index in [1.165, 1.54) is 5.56 Å². The first-order valence-electron chi connectivity index (χ1n) is 12.7. The Morgan fingerprint density at radius 1 is 1.09 bits per heavy atom. The van der Waals surface area contributed by atoms with Gasteiger partial charge in [0.2, 0.25) is 15.9 Å². The van der Waals surface area contributed by atoms with Crippen molar-refractivity contribution < 1.29 is 18.3 Å². The molecule has 4 atom stereocenters. The Bertz CT molecular complexity index is 1270. The van der Waals surface area contributed by atoms with Crippen molar-refractivity contribution in [2.24, 2.45) is 11.3 Å². The molecule has 1 heterocycles. The molecule has 1 aliphatic heterocycles. The molecule has 6 nitrogen and oxygen atoms in total. The minimum Gasteiger partial charge on any atom is -0.508 e. The molecular formula is C28H36N2O4S. The highest BCUT2D eigenvalue weighted by atomic mass is 32.2. The third-order valence-electron chi connectivity index (χ3n) is 9.40. The summed E-state index contributed by atoms with van der Waals surface area (Å²) < 4.78 is 28.8. The van der Waals surface area contributed by atoms with Crippen LogP contribution in [0.3, 0.4) is 0 Å². The maximum absolute atomic E-state index is 13.8. The monoisotopic (exact) mass is 496 g/mol. The van der Waals surface area contributed by atoms with E-state index in [0.717, 1.165) is 12.0 Å². The fourth-order valence-corrected chi connectivity index (χ4v) is 8.41. The number of amides is 1. The van der Waals surface area contributed by atoms with E-state index in [2.05, 4.69) is 31.6 Å². The second-order valence-electron chi connectivity index (χ2n) is 11.5.